The second-order valence-corrected chi connectivity index (χ2v) is 5.89. The molecule has 1 fully saturated rings. The number of tetrazole rings is 1. The van der Waals surface area contributed by atoms with Gasteiger partial charge in [0.25, 0.3) is 5.91 Å². The Morgan fingerprint density at radius 2 is 2.15 bits per heavy atom. The van der Waals surface area contributed by atoms with E-state index in [1.165, 1.54) is 6.33 Å². The van der Waals surface area contributed by atoms with E-state index in [0.29, 0.717) is 25.1 Å². The second kappa shape index (κ2) is 8.50. The SMILES string of the molecule is O=C(O)CO[C@@H]1COCC[C@H]1NC(=O)c1ccc(Cn2cnnn2)cc1. The number of rotatable bonds is 7. The summed E-state index contributed by atoms with van der Waals surface area (Å²) in [6, 6.07) is 6.82. The van der Waals surface area contributed by atoms with E-state index in [1.54, 1.807) is 16.8 Å². The first kappa shape index (κ1) is 18.0. The number of aliphatic carboxylic acids is 1. The van der Waals surface area contributed by atoms with Crippen molar-refractivity contribution in [1.82, 2.24) is 25.5 Å². The molecule has 10 heteroatoms. The first-order valence-corrected chi connectivity index (χ1v) is 8.13. The zero-order chi connectivity index (χ0) is 18.4. The van der Waals surface area contributed by atoms with Crippen LogP contribution in [-0.4, -0.2) is 69.2 Å². The number of benzene rings is 1. The van der Waals surface area contributed by atoms with Crippen molar-refractivity contribution in [3.63, 3.8) is 0 Å². The number of nitrogens with zero attached hydrogens (tertiary/aromatic N) is 4. The molecule has 1 aromatic carbocycles. The summed E-state index contributed by atoms with van der Waals surface area (Å²) in [6.07, 6.45) is 1.60. The third-order valence-electron chi connectivity index (χ3n) is 3.99. The van der Waals surface area contributed by atoms with Gasteiger partial charge in [-0.05, 0) is 34.5 Å². The minimum absolute atomic E-state index is 0.241. The summed E-state index contributed by atoms with van der Waals surface area (Å²) in [4.78, 5) is 23.1. The Labute approximate surface area is 149 Å². The van der Waals surface area contributed by atoms with Crippen LogP contribution in [0.15, 0.2) is 30.6 Å². The van der Waals surface area contributed by atoms with Gasteiger partial charge in [0.2, 0.25) is 0 Å². The molecule has 1 aliphatic rings. The Balaban J connectivity index is 1.58. The van der Waals surface area contributed by atoms with Gasteiger partial charge >= 0.3 is 5.97 Å². The lowest BCUT2D eigenvalue weighted by Gasteiger charge is -2.31. The smallest absolute Gasteiger partial charge is 0.329 e. The summed E-state index contributed by atoms with van der Waals surface area (Å²) < 4.78 is 12.2. The molecule has 2 atom stereocenters. The first-order valence-electron chi connectivity index (χ1n) is 8.13. The predicted molar refractivity (Wildman–Crippen MR) is 87.4 cm³/mol. The molecule has 0 bridgehead atoms. The highest BCUT2D eigenvalue weighted by molar-refractivity contribution is 5.94. The van der Waals surface area contributed by atoms with Crippen LogP contribution in [0.3, 0.4) is 0 Å². The lowest BCUT2D eigenvalue weighted by Crippen LogP contribution is -2.50. The van der Waals surface area contributed by atoms with Gasteiger partial charge in [-0.2, -0.15) is 0 Å². The highest BCUT2D eigenvalue weighted by Gasteiger charge is 2.28. The van der Waals surface area contributed by atoms with Crippen molar-refractivity contribution in [1.29, 1.82) is 0 Å². The largest absolute Gasteiger partial charge is 0.480 e. The molecule has 1 aliphatic heterocycles. The van der Waals surface area contributed by atoms with Gasteiger partial charge < -0.3 is 19.9 Å². The average Bonchev–Trinajstić information content (AvgIpc) is 3.14. The van der Waals surface area contributed by atoms with Crippen molar-refractivity contribution in [2.45, 2.75) is 25.1 Å². The van der Waals surface area contributed by atoms with E-state index < -0.39 is 18.7 Å². The van der Waals surface area contributed by atoms with Crippen LogP contribution < -0.4 is 5.32 Å². The molecule has 1 amide bonds. The van der Waals surface area contributed by atoms with Gasteiger partial charge in [-0.1, -0.05) is 12.1 Å². The molecule has 0 unspecified atom stereocenters. The van der Waals surface area contributed by atoms with Crippen LogP contribution in [0.5, 0.6) is 0 Å². The van der Waals surface area contributed by atoms with Crippen LogP contribution in [0.1, 0.15) is 22.3 Å². The fourth-order valence-corrected chi connectivity index (χ4v) is 2.67. The van der Waals surface area contributed by atoms with Crippen molar-refractivity contribution in [3.05, 3.63) is 41.7 Å². The maximum atomic E-state index is 12.5. The Morgan fingerprint density at radius 3 is 2.85 bits per heavy atom. The molecule has 0 saturated carbocycles. The van der Waals surface area contributed by atoms with E-state index in [2.05, 4.69) is 20.8 Å². The number of carboxylic acids is 1. The van der Waals surface area contributed by atoms with E-state index in [1.807, 2.05) is 12.1 Å². The number of ether oxygens (including phenoxy) is 2. The minimum atomic E-state index is -1.06. The number of hydrogen-bond acceptors (Lipinski definition) is 7. The van der Waals surface area contributed by atoms with Crippen molar-refractivity contribution in [3.8, 4) is 0 Å². The molecular formula is C16H19N5O5. The van der Waals surface area contributed by atoms with Crippen molar-refractivity contribution in [2.24, 2.45) is 0 Å². The highest BCUT2D eigenvalue weighted by atomic mass is 16.5. The van der Waals surface area contributed by atoms with Crippen LogP contribution in [0.25, 0.3) is 0 Å². The second-order valence-electron chi connectivity index (χ2n) is 5.89. The van der Waals surface area contributed by atoms with Gasteiger partial charge in [0.05, 0.1) is 19.2 Å². The average molecular weight is 361 g/mol. The van der Waals surface area contributed by atoms with Crippen LogP contribution in [0, 0.1) is 0 Å². The molecular weight excluding hydrogens is 342 g/mol. The first-order chi connectivity index (χ1) is 12.6. The molecule has 26 heavy (non-hydrogen) atoms. The Hall–Kier alpha value is -2.85. The van der Waals surface area contributed by atoms with E-state index >= 15 is 0 Å². The Bertz CT molecular complexity index is 734. The van der Waals surface area contributed by atoms with Gasteiger partial charge in [-0.25, -0.2) is 9.48 Å². The van der Waals surface area contributed by atoms with E-state index in [-0.39, 0.29) is 18.6 Å². The van der Waals surface area contributed by atoms with Crippen LogP contribution >= 0.6 is 0 Å². The van der Waals surface area contributed by atoms with E-state index in [0.717, 1.165) is 5.56 Å². The van der Waals surface area contributed by atoms with Gasteiger partial charge in [0.15, 0.2) is 0 Å². The van der Waals surface area contributed by atoms with Gasteiger partial charge in [-0.3, -0.25) is 4.79 Å². The number of aromatic nitrogens is 4. The van der Waals surface area contributed by atoms with Crippen LogP contribution in [-0.2, 0) is 20.8 Å². The molecule has 0 aliphatic carbocycles. The lowest BCUT2D eigenvalue weighted by atomic mass is 10.0. The monoisotopic (exact) mass is 361 g/mol. The lowest BCUT2D eigenvalue weighted by molar-refractivity contribution is -0.148. The van der Waals surface area contributed by atoms with E-state index in [9.17, 15) is 9.59 Å². The Morgan fingerprint density at radius 1 is 1.35 bits per heavy atom. The van der Waals surface area contributed by atoms with E-state index in [4.69, 9.17) is 14.6 Å². The summed E-state index contributed by atoms with van der Waals surface area (Å²) in [6.45, 7) is 0.831. The van der Waals surface area contributed by atoms with Crippen LogP contribution in [0.2, 0.25) is 0 Å². The maximum Gasteiger partial charge on any atom is 0.329 e. The fourth-order valence-electron chi connectivity index (χ4n) is 2.67. The van der Waals surface area contributed by atoms with Crippen molar-refractivity contribution in [2.75, 3.05) is 19.8 Å². The standard InChI is InChI=1S/C16H19N5O5/c22-15(23)9-26-14-8-25-6-5-13(14)18-16(24)12-3-1-11(2-4-12)7-21-10-17-19-20-21/h1-4,10,13-14H,5-9H2,(H,18,24)(H,22,23)/t13-,14-/m1/s1. The number of carboxylic acid groups (broad SMARTS) is 1. The predicted octanol–water partition coefficient (Wildman–Crippen LogP) is -0.290. The zero-order valence-corrected chi connectivity index (χ0v) is 13.9. The molecule has 2 aromatic rings. The molecule has 2 N–H and O–H groups in total. The topological polar surface area (TPSA) is 128 Å². The molecule has 138 valence electrons. The molecule has 1 aromatic heterocycles. The number of hydrogen-bond donors (Lipinski definition) is 2. The summed E-state index contributed by atoms with van der Waals surface area (Å²) >= 11 is 0. The van der Waals surface area contributed by atoms with Gasteiger partial charge in [-0.15, -0.1) is 5.10 Å². The minimum Gasteiger partial charge on any atom is -0.480 e. The summed E-state index contributed by atoms with van der Waals surface area (Å²) in [5.41, 5.74) is 1.47. The normalized spacial score (nSPS) is 19.8. The summed E-state index contributed by atoms with van der Waals surface area (Å²) in [5.74, 6) is -1.30. The quantitative estimate of drug-likeness (QED) is 0.688. The van der Waals surface area contributed by atoms with Gasteiger partial charge in [0, 0.05) is 12.2 Å². The molecule has 0 radical (unpaired) electrons. The molecule has 0 spiro atoms. The maximum absolute atomic E-state index is 12.5. The number of nitrogens with one attached hydrogen (secondary N) is 1. The van der Waals surface area contributed by atoms with Crippen molar-refractivity contribution < 1.29 is 24.2 Å². The molecule has 3 rings (SSSR count). The van der Waals surface area contributed by atoms with Crippen LogP contribution in [0.4, 0.5) is 0 Å². The summed E-state index contributed by atoms with van der Waals surface area (Å²) in [5, 5.41) is 22.6. The summed E-state index contributed by atoms with van der Waals surface area (Å²) in [7, 11) is 0. The number of carbonyl (C=O) groups excluding carboxylic acids is 1. The third kappa shape index (κ3) is 4.83. The molecule has 1 saturated heterocycles. The zero-order valence-electron chi connectivity index (χ0n) is 13.9. The Kier molecular flexibility index (Phi) is 5.87. The van der Waals surface area contributed by atoms with Crippen molar-refractivity contribution >= 4 is 11.9 Å². The highest BCUT2D eigenvalue weighted by Crippen LogP contribution is 2.13. The number of amides is 1. The number of carbonyl (C=O) groups is 2. The third-order valence-corrected chi connectivity index (χ3v) is 3.99. The van der Waals surface area contributed by atoms with Gasteiger partial charge in [0.1, 0.15) is 19.0 Å². The molecule has 10 nitrogen and oxygen atoms in total. The molecule has 2 heterocycles. The fraction of sp³-hybridized carbons (Fsp3) is 0.438.